The summed E-state index contributed by atoms with van der Waals surface area (Å²) in [5.74, 6) is -0.562. The zero-order valence-electron chi connectivity index (χ0n) is 9.04. The van der Waals surface area contributed by atoms with E-state index in [1.807, 2.05) is 0 Å². The molecule has 0 aliphatic carbocycles. The van der Waals surface area contributed by atoms with Crippen molar-refractivity contribution in [3.05, 3.63) is 0 Å². The number of ether oxygens (including phenoxy) is 1. The second kappa shape index (κ2) is 6.39. The Kier molecular flexibility index (Phi) is 5.13. The van der Waals surface area contributed by atoms with Crippen molar-refractivity contribution in [2.24, 2.45) is 0 Å². The van der Waals surface area contributed by atoms with E-state index >= 15 is 0 Å². The molecule has 3 N–H and O–H groups in total. The van der Waals surface area contributed by atoms with E-state index in [1.165, 1.54) is 0 Å². The molecule has 1 unspecified atom stereocenters. The quantitative estimate of drug-likeness (QED) is 0.331. The lowest BCUT2D eigenvalue weighted by atomic mass is 10.1. The van der Waals surface area contributed by atoms with E-state index in [0.29, 0.717) is 31.1 Å². The lowest BCUT2D eigenvalue weighted by Crippen LogP contribution is -2.54. The van der Waals surface area contributed by atoms with Gasteiger partial charge in [-0.15, -0.1) is 0 Å². The number of piperidine rings is 1. The highest BCUT2D eigenvalue weighted by Gasteiger charge is 2.26. The number of thiocarbonyl (C=S) groups is 1. The summed E-state index contributed by atoms with van der Waals surface area (Å²) in [6.45, 7) is 1.12. The van der Waals surface area contributed by atoms with Crippen molar-refractivity contribution in [1.82, 2.24) is 16.0 Å². The Bertz CT molecular complexity index is 296. The molecule has 1 aliphatic heterocycles. The minimum atomic E-state index is -0.430. The fourth-order valence-electron chi connectivity index (χ4n) is 1.31. The number of amides is 2. The Morgan fingerprint density at radius 1 is 1.62 bits per heavy atom. The van der Waals surface area contributed by atoms with Gasteiger partial charge in [-0.3, -0.25) is 14.9 Å². The molecule has 1 saturated heterocycles. The number of nitrogens with one attached hydrogen (secondary N) is 3. The highest BCUT2D eigenvalue weighted by molar-refractivity contribution is 7.80. The second-order valence-electron chi connectivity index (χ2n) is 3.40. The minimum absolute atomic E-state index is 0.235. The van der Waals surface area contributed by atoms with Gasteiger partial charge in [0.2, 0.25) is 11.8 Å². The molecule has 1 rings (SSSR count). The van der Waals surface area contributed by atoms with Crippen LogP contribution >= 0.6 is 12.2 Å². The summed E-state index contributed by atoms with van der Waals surface area (Å²) in [7, 11) is 1.60. The molecule has 6 nitrogen and oxygen atoms in total. The predicted molar refractivity (Wildman–Crippen MR) is 61.8 cm³/mol. The number of hydrogen-bond acceptors (Lipinski definition) is 4. The van der Waals surface area contributed by atoms with Gasteiger partial charge < -0.3 is 15.4 Å². The molecule has 0 radical (unpaired) electrons. The molecule has 1 aliphatic rings. The number of imide groups is 1. The van der Waals surface area contributed by atoms with Crippen molar-refractivity contribution in [2.45, 2.75) is 18.9 Å². The van der Waals surface area contributed by atoms with Crippen LogP contribution in [0.3, 0.4) is 0 Å². The molecule has 0 aromatic heterocycles. The van der Waals surface area contributed by atoms with Crippen LogP contribution in [0.1, 0.15) is 12.8 Å². The lowest BCUT2D eigenvalue weighted by Gasteiger charge is -2.23. The minimum Gasteiger partial charge on any atom is -0.383 e. The second-order valence-corrected chi connectivity index (χ2v) is 3.80. The molecular weight excluding hydrogens is 230 g/mol. The number of carbonyl (C=O) groups is 2. The van der Waals surface area contributed by atoms with Crippen LogP contribution in [0.4, 0.5) is 0 Å². The monoisotopic (exact) mass is 245 g/mol. The Morgan fingerprint density at radius 2 is 2.38 bits per heavy atom. The first-order valence-electron chi connectivity index (χ1n) is 5.00. The van der Waals surface area contributed by atoms with Crippen molar-refractivity contribution in [3.8, 4) is 0 Å². The Morgan fingerprint density at radius 3 is 3.00 bits per heavy atom. The SMILES string of the molecule is COCCNC(=S)NC1CCC(=O)NC1=O. The van der Waals surface area contributed by atoms with Gasteiger partial charge in [-0.1, -0.05) is 0 Å². The van der Waals surface area contributed by atoms with Gasteiger partial charge in [0, 0.05) is 20.1 Å². The van der Waals surface area contributed by atoms with Crippen molar-refractivity contribution in [1.29, 1.82) is 0 Å². The highest BCUT2D eigenvalue weighted by atomic mass is 32.1. The summed E-state index contributed by atoms with van der Waals surface area (Å²) < 4.78 is 4.84. The first-order chi connectivity index (χ1) is 7.63. The number of methoxy groups -OCH3 is 1. The summed E-state index contributed by atoms with van der Waals surface area (Å²) in [6, 6.07) is -0.430. The lowest BCUT2D eigenvalue weighted by molar-refractivity contribution is -0.134. The summed E-state index contributed by atoms with van der Waals surface area (Å²) in [6.07, 6.45) is 0.806. The van der Waals surface area contributed by atoms with Gasteiger partial charge >= 0.3 is 0 Å². The van der Waals surface area contributed by atoms with Gasteiger partial charge in [-0.25, -0.2) is 0 Å². The summed E-state index contributed by atoms with van der Waals surface area (Å²) in [4.78, 5) is 22.3. The van der Waals surface area contributed by atoms with Crippen molar-refractivity contribution < 1.29 is 14.3 Å². The highest BCUT2D eigenvalue weighted by Crippen LogP contribution is 2.03. The van der Waals surface area contributed by atoms with Crippen LogP contribution < -0.4 is 16.0 Å². The van der Waals surface area contributed by atoms with Crippen molar-refractivity contribution >= 4 is 29.1 Å². The van der Waals surface area contributed by atoms with Crippen LogP contribution in [0.2, 0.25) is 0 Å². The van der Waals surface area contributed by atoms with Gasteiger partial charge in [0.1, 0.15) is 6.04 Å². The normalized spacial score (nSPS) is 20.2. The van der Waals surface area contributed by atoms with Gasteiger partial charge in [-0.05, 0) is 18.6 Å². The average molecular weight is 245 g/mol. The first kappa shape index (κ1) is 12.9. The van der Waals surface area contributed by atoms with E-state index in [4.69, 9.17) is 17.0 Å². The first-order valence-corrected chi connectivity index (χ1v) is 5.41. The number of rotatable bonds is 4. The smallest absolute Gasteiger partial charge is 0.249 e. The topological polar surface area (TPSA) is 79.5 Å². The van der Waals surface area contributed by atoms with Crippen LogP contribution in [-0.2, 0) is 14.3 Å². The molecule has 0 aromatic carbocycles. The van der Waals surface area contributed by atoms with Crippen molar-refractivity contribution in [2.75, 3.05) is 20.3 Å². The molecule has 7 heteroatoms. The van der Waals surface area contributed by atoms with Crippen LogP contribution in [0.5, 0.6) is 0 Å². The van der Waals surface area contributed by atoms with Gasteiger partial charge in [0.05, 0.1) is 6.61 Å². The van der Waals surface area contributed by atoms with Crippen LogP contribution in [0.25, 0.3) is 0 Å². The molecule has 0 spiro atoms. The molecule has 0 aromatic rings. The van der Waals surface area contributed by atoms with E-state index in [-0.39, 0.29) is 11.8 Å². The van der Waals surface area contributed by atoms with Gasteiger partial charge in [0.15, 0.2) is 5.11 Å². The van der Waals surface area contributed by atoms with E-state index in [2.05, 4.69) is 16.0 Å². The van der Waals surface area contributed by atoms with E-state index in [0.717, 1.165) is 0 Å². The molecule has 0 saturated carbocycles. The molecular formula is C9H15N3O3S. The zero-order valence-corrected chi connectivity index (χ0v) is 9.86. The average Bonchev–Trinajstić information content (AvgIpc) is 2.23. The molecule has 1 fully saturated rings. The third-order valence-electron chi connectivity index (χ3n) is 2.14. The van der Waals surface area contributed by atoms with E-state index in [1.54, 1.807) is 7.11 Å². The Labute approximate surface area is 99.1 Å². The van der Waals surface area contributed by atoms with Gasteiger partial charge in [-0.2, -0.15) is 0 Å². The molecule has 16 heavy (non-hydrogen) atoms. The standard InChI is InChI=1S/C9H15N3O3S/c1-15-5-4-10-9(16)11-6-2-3-7(13)12-8(6)14/h6H,2-5H2,1H3,(H2,10,11,16)(H,12,13,14). The maximum atomic E-state index is 11.4. The summed E-state index contributed by atoms with van der Waals surface area (Å²) >= 11 is 4.99. The third kappa shape index (κ3) is 4.11. The molecule has 1 heterocycles. The largest absolute Gasteiger partial charge is 0.383 e. The van der Waals surface area contributed by atoms with Gasteiger partial charge in [0.25, 0.3) is 0 Å². The van der Waals surface area contributed by atoms with Crippen LogP contribution in [-0.4, -0.2) is 43.2 Å². The maximum absolute atomic E-state index is 11.4. The fourth-order valence-corrected chi connectivity index (χ4v) is 1.55. The number of hydrogen-bond donors (Lipinski definition) is 3. The molecule has 2 amide bonds. The van der Waals surface area contributed by atoms with E-state index < -0.39 is 6.04 Å². The third-order valence-corrected chi connectivity index (χ3v) is 2.40. The predicted octanol–water partition coefficient (Wildman–Crippen LogP) is -1.10. The van der Waals surface area contributed by atoms with Crippen LogP contribution in [0.15, 0.2) is 0 Å². The molecule has 0 bridgehead atoms. The maximum Gasteiger partial charge on any atom is 0.249 e. The van der Waals surface area contributed by atoms with Crippen molar-refractivity contribution in [3.63, 3.8) is 0 Å². The zero-order chi connectivity index (χ0) is 12.0. The number of carbonyl (C=O) groups excluding carboxylic acids is 2. The summed E-state index contributed by atoms with van der Waals surface area (Å²) in [5, 5.41) is 8.39. The summed E-state index contributed by atoms with van der Waals surface area (Å²) in [5.41, 5.74) is 0. The fraction of sp³-hybridized carbons (Fsp3) is 0.667. The Hall–Kier alpha value is -1.21. The Balaban J connectivity index is 2.28. The van der Waals surface area contributed by atoms with E-state index in [9.17, 15) is 9.59 Å². The molecule has 90 valence electrons. The van der Waals surface area contributed by atoms with Crippen LogP contribution in [0, 0.1) is 0 Å². The molecule has 1 atom stereocenters.